The van der Waals surface area contributed by atoms with Crippen LogP contribution in [0.4, 0.5) is 0 Å². The molecule has 1 aromatic rings. The Morgan fingerprint density at radius 3 is 2.68 bits per heavy atom. The number of nitrogens with zero attached hydrogens (tertiary/aromatic N) is 2. The standard InChI is InChI=1S/C16H28N4S.HI/c1-4-17-16(20-13-8-6-5-7-9-13)18-10-14-11-21-15(19-14)12(2)3;/h11-13H,4-10H2,1-3H3,(H2,17,18,20);1H. The van der Waals surface area contributed by atoms with E-state index in [0.717, 1.165) is 18.2 Å². The second-order valence-corrected chi connectivity index (χ2v) is 6.90. The molecule has 0 aliphatic heterocycles. The largest absolute Gasteiger partial charge is 0.357 e. The molecule has 22 heavy (non-hydrogen) atoms. The van der Waals surface area contributed by atoms with E-state index in [2.05, 4.69) is 46.8 Å². The quantitative estimate of drug-likeness (QED) is 0.412. The molecule has 0 spiro atoms. The topological polar surface area (TPSA) is 49.3 Å². The smallest absolute Gasteiger partial charge is 0.191 e. The van der Waals surface area contributed by atoms with Crippen molar-refractivity contribution in [2.45, 2.75) is 71.4 Å². The van der Waals surface area contributed by atoms with Crippen LogP contribution in [0.3, 0.4) is 0 Å². The molecule has 1 aliphatic carbocycles. The van der Waals surface area contributed by atoms with Gasteiger partial charge in [-0.1, -0.05) is 33.1 Å². The predicted octanol–water partition coefficient (Wildman–Crippen LogP) is 4.27. The molecule has 0 atom stereocenters. The second-order valence-electron chi connectivity index (χ2n) is 6.01. The van der Waals surface area contributed by atoms with Gasteiger partial charge in [0.25, 0.3) is 0 Å². The molecule has 0 aromatic carbocycles. The molecule has 1 aliphatic rings. The molecule has 2 N–H and O–H groups in total. The van der Waals surface area contributed by atoms with Crippen LogP contribution in [0.5, 0.6) is 0 Å². The first-order valence-corrected chi connectivity index (χ1v) is 9.06. The summed E-state index contributed by atoms with van der Waals surface area (Å²) in [5, 5.41) is 10.2. The first-order chi connectivity index (χ1) is 10.2. The summed E-state index contributed by atoms with van der Waals surface area (Å²) >= 11 is 1.74. The Morgan fingerprint density at radius 2 is 2.09 bits per heavy atom. The zero-order chi connectivity index (χ0) is 15.1. The van der Waals surface area contributed by atoms with Crippen molar-refractivity contribution in [3.8, 4) is 0 Å². The molecule has 2 rings (SSSR count). The van der Waals surface area contributed by atoms with Gasteiger partial charge in [0.1, 0.15) is 0 Å². The highest BCUT2D eigenvalue weighted by atomic mass is 127. The minimum Gasteiger partial charge on any atom is -0.357 e. The van der Waals surface area contributed by atoms with Crippen molar-refractivity contribution in [2.24, 2.45) is 4.99 Å². The van der Waals surface area contributed by atoms with E-state index in [1.165, 1.54) is 37.1 Å². The SMILES string of the molecule is CCNC(=NCc1csc(C(C)C)n1)NC1CCCCC1.I. The Bertz CT molecular complexity index is 453. The van der Waals surface area contributed by atoms with Crippen LogP contribution >= 0.6 is 35.3 Å². The number of guanidine groups is 1. The second kappa shape index (κ2) is 10.4. The molecule has 4 nitrogen and oxygen atoms in total. The molecular formula is C16H29IN4S. The zero-order valence-electron chi connectivity index (χ0n) is 13.9. The average Bonchev–Trinajstić information content (AvgIpc) is 2.95. The van der Waals surface area contributed by atoms with Crippen molar-refractivity contribution in [3.05, 3.63) is 16.1 Å². The Morgan fingerprint density at radius 1 is 1.36 bits per heavy atom. The summed E-state index contributed by atoms with van der Waals surface area (Å²) in [6.45, 7) is 8.02. The monoisotopic (exact) mass is 436 g/mol. The third-order valence-electron chi connectivity index (χ3n) is 3.75. The van der Waals surface area contributed by atoms with Gasteiger partial charge in [0.05, 0.1) is 17.2 Å². The van der Waals surface area contributed by atoms with E-state index < -0.39 is 0 Å². The fourth-order valence-electron chi connectivity index (χ4n) is 2.58. The van der Waals surface area contributed by atoms with Crippen LogP contribution < -0.4 is 10.6 Å². The van der Waals surface area contributed by atoms with E-state index in [1.807, 2.05) is 0 Å². The maximum absolute atomic E-state index is 4.69. The van der Waals surface area contributed by atoms with Gasteiger partial charge in [-0.05, 0) is 19.8 Å². The van der Waals surface area contributed by atoms with E-state index in [0.29, 0.717) is 18.5 Å². The lowest BCUT2D eigenvalue weighted by molar-refractivity contribution is 0.410. The van der Waals surface area contributed by atoms with Gasteiger partial charge < -0.3 is 10.6 Å². The Balaban J connectivity index is 0.00000242. The van der Waals surface area contributed by atoms with Gasteiger partial charge >= 0.3 is 0 Å². The van der Waals surface area contributed by atoms with Gasteiger partial charge in [0.2, 0.25) is 0 Å². The first-order valence-electron chi connectivity index (χ1n) is 8.18. The molecule has 1 saturated carbocycles. The fraction of sp³-hybridized carbons (Fsp3) is 0.750. The molecule has 0 unspecified atom stereocenters. The number of aliphatic imine (C=N–C) groups is 1. The van der Waals surface area contributed by atoms with Gasteiger partial charge in [-0.3, -0.25) is 0 Å². The van der Waals surface area contributed by atoms with Crippen LogP contribution in [0.25, 0.3) is 0 Å². The van der Waals surface area contributed by atoms with Gasteiger partial charge in [-0.15, -0.1) is 35.3 Å². The van der Waals surface area contributed by atoms with E-state index in [9.17, 15) is 0 Å². The summed E-state index contributed by atoms with van der Waals surface area (Å²) in [5.41, 5.74) is 1.07. The fourth-order valence-corrected chi connectivity index (χ4v) is 3.41. The highest BCUT2D eigenvalue weighted by molar-refractivity contribution is 14.0. The summed E-state index contributed by atoms with van der Waals surface area (Å²) in [6, 6.07) is 0.582. The van der Waals surface area contributed by atoms with E-state index >= 15 is 0 Å². The number of thiazole rings is 1. The molecular weight excluding hydrogens is 407 g/mol. The molecule has 126 valence electrons. The van der Waals surface area contributed by atoms with Crippen molar-refractivity contribution in [3.63, 3.8) is 0 Å². The third kappa shape index (κ3) is 6.40. The average molecular weight is 436 g/mol. The lowest BCUT2D eigenvalue weighted by atomic mass is 9.96. The van der Waals surface area contributed by atoms with Crippen molar-refractivity contribution in [1.82, 2.24) is 15.6 Å². The van der Waals surface area contributed by atoms with Crippen molar-refractivity contribution in [2.75, 3.05) is 6.54 Å². The number of halogens is 1. The maximum Gasteiger partial charge on any atom is 0.191 e. The van der Waals surface area contributed by atoms with Crippen molar-refractivity contribution >= 4 is 41.3 Å². The zero-order valence-corrected chi connectivity index (χ0v) is 17.0. The van der Waals surface area contributed by atoms with Crippen LogP contribution in [0.1, 0.15) is 69.5 Å². The van der Waals surface area contributed by atoms with E-state index in [1.54, 1.807) is 11.3 Å². The van der Waals surface area contributed by atoms with Crippen LogP contribution in [0, 0.1) is 0 Å². The highest BCUT2D eigenvalue weighted by Crippen LogP contribution is 2.20. The summed E-state index contributed by atoms with van der Waals surface area (Å²) in [4.78, 5) is 9.33. The van der Waals surface area contributed by atoms with Crippen LogP contribution in [0.15, 0.2) is 10.4 Å². The summed E-state index contributed by atoms with van der Waals surface area (Å²) in [6.07, 6.45) is 6.57. The predicted molar refractivity (Wildman–Crippen MR) is 106 cm³/mol. The summed E-state index contributed by atoms with van der Waals surface area (Å²) in [7, 11) is 0. The van der Waals surface area contributed by atoms with Crippen molar-refractivity contribution < 1.29 is 0 Å². The Labute approximate surface area is 155 Å². The van der Waals surface area contributed by atoms with Crippen molar-refractivity contribution in [1.29, 1.82) is 0 Å². The molecule has 6 heteroatoms. The summed E-state index contributed by atoms with van der Waals surface area (Å²) < 4.78 is 0. The normalized spacial score (nSPS) is 16.5. The minimum atomic E-state index is 0. The van der Waals surface area contributed by atoms with Gasteiger partial charge in [0.15, 0.2) is 5.96 Å². The number of aromatic nitrogens is 1. The molecule has 1 aromatic heterocycles. The lowest BCUT2D eigenvalue weighted by Gasteiger charge is -2.24. The third-order valence-corrected chi connectivity index (χ3v) is 4.95. The number of rotatable bonds is 5. The molecule has 0 saturated heterocycles. The lowest BCUT2D eigenvalue weighted by Crippen LogP contribution is -2.44. The van der Waals surface area contributed by atoms with E-state index in [4.69, 9.17) is 0 Å². The molecule has 0 bridgehead atoms. The van der Waals surface area contributed by atoms with Crippen LogP contribution in [0.2, 0.25) is 0 Å². The van der Waals surface area contributed by atoms with Gasteiger partial charge in [0, 0.05) is 23.9 Å². The summed E-state index contributed by atoms with van der Waals surface area (Å²) in [5.74, 6) is 1.44. The highest BCUT2D eigenvalue weighted by Gasteiger charge is 2.14. The number of hydrogen-bond acceptors (Lipinski definition) is 3. The number of nitrogens with one attached hydrogen (secondary N) is 2. The minimum absolute atomic E-state index is 0. The molecule has 1 heterocycles. The molecule has 0 amide bonds. The molecule has 1 fully saturated rings. The van der Waals surface area contributed by atoms with Crippen LogP contribution in [-0.2, 0) is 6.54 Å². The number of hydrogen-bond donors (Lipinski definition) is 2. The van der Waals surface area contributed by atoms with E-state index in [-0.39, 0.29) is 24.0 Å². The molecule has 0 radical (unpaired) electrons. The Hall–Kier alpha value is -0.370. The van der Waals surface area contributed by atoms with Crippen LogP contribution in [-0.4, -0.2) is 23.5 Å². The first kappa shape index (κ1) is 19.7. The van der Waals surface area contributed by atoms with Gasteiger partial charge in [-0.2, -0.15) is 0 Å². The van der Waals surface area contributed by atoms with Gasteiger partial charge in [-0.25, -0.2) is 9.98 Å². The maximum atomic E-state index is 4.69. The Kier molecular flexibility index (Phi) is 9.31.